The van der Waals surface area contributed by atoms with E-state index in [-0.39, 0.29) is 5.91 Å². The number of carboxylic acid groups (broad SMARTS) is 1. The summed E-state index contributed by atoms with van der Waals surface area (Å²) in [6.07, 6.45) is 0.390. The van der Waals surface area contributed by atoms with Gasteiger partial charge in [0.15, 0.2) is 0 Å². The van der Waals surface area contributed by atoms with Crippen molar-refractivity contribution in [2.45, 2.75) is 13.3 Å². The first-order valence-electron chi connectivity index (χ1n) is 3.09. The van der Waals surface area contributed by atoms with Crippen molar-refractivity contribution >= 4 is 11.9 Å². The zero-order valence-electron chi connectivity index (χ0n) is 5.68. The van der Waals surface area contributed by atoms with Crippen molar-refractivity contribution in [1.29, 1.82) is 0 Å². The summed E-state index contributed by atoms with van der Waals surface area (Å²) >= 11 is 0. The maximum absolute atomic E-state index is 10.8. The molecule has 0 unspecified atom stereocenters. The van der Waals surface area contributed by atoms with Gasteiger partial charge in [0.05, 0.1) is 0 Å². The van der Waals surface area contributed by atoms with Crippen molar-refractivity contribution in [3.63, 3.8) is 0 Å². The molecule has 0 spiro atoms. The highest BCUT2D eigenvalue weighted by atomic mass is 16.4. The molecule has 2 N–H and O–H groups in total. The number of carboxylic acids is 1. The summed E-state index contributed by atoms with van der Waals surface area (Å²) in [5.74, 6) is -1.41. The second-order valence-corrected chi connectivity index (χ2v) is 2.64. The number of hydrogen-bond acceptors (Lipinski definition) is 2. The predicted octanol–water partition coefficient (Wildman–Crippen LogP) is -0.403. The van der Waals surface area contributed by atoms with Crippen molar-refractivity contribution in [2.75, 3.05) is 6.54 Å². The van der Waals surface area contributed by atoms with Gasteiger partial charge in [-0.15, -0.1) is 0 Å². The molecular formula is C6H9NO3. The molecule has 0 radical (unpaired) electrons. The molecule has 56 valence electrons. The molecule has 0 aromatic carbocycles. The molecule has 10 heavy (non-hydrogen) atoms. The molecule has 4 heteroatoms. The normalized spacial score (nSPS) is 31.9. The highest BCUT2D eigenvalue weighted by Gasteiger charge is 2.44. The highest BCUT2D eigenvalue weighted by Crippen LogP contribution is 2.25. The van der Waals surface area contributed by atoms with E-state index in [1.807, 2.05) is 0 Å². The topological polar surface area (TPSA) is 66.4 Å². The summed E-state index contributed by atoms with van der Waals surface area (Å²) < 4.78 is 0. The highest BCUT2D eigenvalue weighted by molar-refractivity contribution is 6.02. The number of carbonyl (C=O) groups is 2. The number of amides is 1. The second kappa shape index (κ2) is 1.97. The van der Waals surface area contributed by atoms with Crippen LogP contribution in [-0.4, -0.2) is 23.5 Å². The lowest BCUT2D eigenvalue weighted by Crippen LogP contribution is -2.35. The molecule has 1 amide bonds. The minimum absolute atomic E-state index is 0.375. The standard InChI is InChI=1S/C6H9NO3/c1-6(5(9)10)2-3-7-4(6)8/h2-3H2,1H3,(H,7,8)(H,9,10)/t6-/m0/s1. The van der Waals surface area contributed by atoms with E-state index in [9.17, 15) is 9.59 Å². The summed E-state index contributed by atoms with van der Waals surface area (Å²) in [6.45, 7) is 1.92. The second-order valence-electron chi connectivity index (χ2n) is 2.64. The first-order valence-corrected chi connectivity index (χ1v) is 3.09. The van der Waals surface area contributed by atoms with Crippen LogP contribution in [0.2, 0.25) is 0 Å². The van der Waals surface area contributed by atoms with Crippen LogP contribution in [-0.2, 0) is 9.59 Å². The van der Waals surface area contributed by atoms with Crippen molar-refractivity contribution in [1.82, 2.24) is 5.32 Å². The van der Waals surface area contributed by atoms with Gasteiger partial charge in [0.25, 0.3) is 0 Å². The number of hydrogen-bond donors (Lipinski definition) is 2. The Morgan fingerprint density at radius 2 is 2.40 bits per heavy atom. The lowest BCUT2D eigenvalue weighted by molar-refractivity contribution is -0.152. The quantitative estimate of drug-likeness (QED) is 0.491. The van der Waals surface area contributed by atoms with E-state index in [0.29, 0.717) is 13.0 Å². The van der Waals surface area contributed by atoms with Gasteiger partial charge in [0.2, 0.25) is 5.91 Å². The Morgan fingerprint density at radius 3 is 2.60 bits per heavy atom. The first kappa shape index (κ1) is 7.05. The van der Waals surface area contributed by atoms with E-state index in [4.69, 9.17) is 5.11 Å². The fourth-order valence-electron chi connectivity index (χ4n) is 0.939. The molecule has 1 aliphatic heterocycles. The molecule has 1 rings (SSSR count). The van der Waals surface area contributed by atoms with Gasteiger partial charge in [0, 0.05) is 6.54 Å². The van der Waals surface area contributed by atoms with Crippen LogP contribution in [0, 0.1) is 5.41 Å². The molecule has 4 nitrogen and oxygen atoms in total. The number of rotatable bonds is 1. The Hall–Kier alpha value is -1.06. The van der Waals surface area contributed by atoms with E-state index in [1.54, 1.807) is 0 Å². The summed E-state index contributed by atoms with van der Waals surface area (Å²) in [5.41, 5.74) is -1.18. The molecule has 0 aliphatic carbocycles. The van der Waals surface area contributed by atoms with Crippen LogP contribution in [0.25, 0.3) is 0 Å². The zero-order chi connectivity index (χ0) is 7.78. The van der Waals surface area contributed by atoms with E-state index in [2.05, 4.69) is 5.32 Å². The number of aliphatic carboxylic acids is 1. The maximum Gasteiger partial charge on any atom is 0.318 e. The lowest BCUT2D eigenvalue weighted by atomic mass is 9.89. The summed E-state index contributed by atoms with van der Waals surface area (Å²) in [5, 5.41) is 11.1. The Morgan fingerprint density at radius 1 is 1.80 bits per heavy atom. The molecule has 1 fully saturated rings. The molecule has 0 bridgehead atoms. The van der Waals surface area contributed by atoms with Crippen LogP contribution in [0.4, 0.5) is 0 Å². The third-order valence-electron chi connectivity index (χ3n) is 1.88. The summed E-state index contributed by atoms with van der Waals surface area (Å²) in [7, 11) is 0. The summed E-state index contributed by atoms with van der Waals surface area (Å²) in [4.78, 5) is 21.3. The lowest BCUT2D eigenvalue weighted by Gasteiger charge is -2.12. The average Bonchev–Trinajstić information content (AvgIpc) is 2.15. The summed E-state index contributed by atoms with van der Waals surface area (Å²) in [6, 6.07) is 0. The van der Waals surface area contributed by atoms with Crippen LogP contribution in [0.1, 0.15) is 13.3 Å². The Kier molecular flexibility index (Phi) is 1.39. The molecule has 0 aromatic heterocycles. The molecule has 1 aliphatic rings. The van der Waals surface area contributed by atoms with Gasteiger partial charge in [-0.2, -0.15) is 0 Å². The third-order valence-corrected chi connectivity index (χ3v) is 1.88. The van der Waals surface area contributed by atoms with Gasteiger partial charge in [-0.05, 0) is 13.3 Å². The van der Waals surface area contributed by atoms with E-state index in [1.165, 1.54) is 6.92 Å². The van der Waals surface area contributed by atoms with Crippen molar-refractivity contribution in [3.05, 3.63) is 0 Å². The maximum atomic E-state index is 10.8. The molecule has 1 heterocycles. The predicted molar refractivity (Wildman–Crippen MR) is 33.4 cm³/mol. The van der Waals surface area contributed by atoms with Gasteiger partial charge in [-0.25, -0.2) is 0 Å². The van der Waals surface area contributed by atoms with Gasteiger partial charge in [0.1, 0.15) is 5.41 Å². The van der Waals surface area contributed by atoms with Crippen LogP contribution in [0.15, 0.2) is 0 Å². The molecule has 0 saturated carbocycles. The fourth-order valence-corrected chi connectivity index (χ4v) is 0.939. The fraction of sp³-hybridized carbons (Fsp3) is 0.667. The van der Waals surface area contributed by atoms with E-state index < -0.39 is 11.4 Å². The van der Waals surface area contributed by atoms with Gasteiger partial charge in [-0.1, -0.05) is 0 Å². The number of nitrogens with one attached hydrogen (secondary N) is 1. The molecule has 0 aromatic rings. The van der Waals surface area contributed by atoms with Crippen LogP contribution in [0.3, 0.4) is 0 Å². The van der Waals surface area contributed by atoms with Crippen LogP contribution < -0.4 is 5.32 Å². The molecule has 1 atom stereocenters. The minimum Gasteiger partial charge on any atom is -0.480 e. The Bertz CT molecular complexity index is 189. The monoisotopic (exact) mass is 143 g/mol. The minimum atomic E-state index is -1.18. The smallest absolute Gasteiger partial charge is 0.318 e. The molecule has 1 saturated heterocycles. The van der Waals surface area contributed by atoms with Crippen molar-refractivity contribution in [2.24, 2.45) is 5.41 Å². The number of carbonyl (C=O) groups excluding carboxylic acids is 1. The van der Waals surface area contributed by atoms with Crippen molar-refractivity contribution in [3.8, 4) is 0 Å². The van der Waals surface area contributed by atoms with Crippen LogP contribution in [0.5, 0.6) is 0 Å². The average molecular weight is 143 g/mol. The van der Waals surface area contributed by atoms with E-state index >= 15 is 0 Å². The first-order chi connectivity index (χ1) is 4.57. The van der Waals surface area contributed by atoms with E-state index in [0.717, 1.165) is 0 Å². The van der Waals surface area contributed by atoms with Crippen molar-refractivity contribution < 1.29 is 14.7 Å². The zero-order valence-corrected chi connectivity index (χ0v) is 5.68. The SMILES string of the molecule is C[C@]1(C(=O)O)CCNC1=O. The Balaban J connectivity index is 2.86. The molecular weight excluding hydrogens is 134 g/mol. The van der Waals surface area contributed by atoms with Gasteiger partial charge >= 0.3 is 5.97 Å². The Labute approximate surface area is 58.2 Å². The third kappa shape index (κ3) is 0.761. The largest absolute Gasteiger partial charge is 0.480 e. The van der Waals surface area contributed by atoms with Crippen LogP contribution >= 0.6 is 0 Å². The van der Waals surface area contributed by atoms with Gasteiger partial charge < -0.3 is 10.4 Å². The van der Waals surface area contributed by atoms with Gasteiger partial charge in [-0.3, -0.25) is 9.59 Å².